The van der Waals surface area contributed by atoms with Crippen LogP contribution in [0.5, 0.6) is 5.88 Å². The highest BCUT2D eigenvalue weighted by Crippen LogP contribution is 2.50. The van der Waals surface area contributed by atoms with Crippen molar-refractivity contribution in [2.24, 2.45) is 0 Å². The Kier molecular flexibility index (Phi) is 5.23. The van der Waals surface area contributed by atoms with Gasteiger partial charge < -0.3 is 4.74 Å². The van der Waals surface area contributed by atoms with Crippen LogP contribution in [0.4, 0.5) is 0 Å². The Morgan fingerprint density at radius 2 is 1.48 bits per heavy atom. The van der Waals surface area contributed by atoms with Gasteiger partial charge in [-0.25, -0.2) is 4.98 Å². The Labute approximate surface area is 145 Å². The van der Waals surface area contributed by atoms with Crippen molar-refractivity contribution in [3.8, 4) is 17.0 Å². The number of hydrogen-bond donors (Lipinski definition) is 0. The van der Waals surface area contributed by atoms with Gasteiger partial charge in [0.1, 0.15) is 0 Å². The quantitative estimate of drug-likeness (QED) is 0.379. The first-order valence-corrected chi connectivity index (χ1v) is 7.33. The summed E-state index contributed by atoms with van der Waals surface area (Å²) in [5, 5.41) is 0.222. The van der Waals surface area contributed by atoms with Crippen molar-refractivity contribution in [1.29, 1.82) is 0 Å². The van der Waals surface area contributed by atoms with Crippen LogP contribution in [0.25, 0.3) is 11.1 Å². The molecule has 0 saturated heterocycles. The van der Waals surface area contributed by atoms with Gasteiger partial charge in [0.15, 0.2) is 6.29 Å². The molecule has 1 heterocycles. The van der Waals surface area contributed by atoms with E-state index in [2.05, 4.69) is 4.98 Å². The number of nitrogens with zero attached hydrogens (tertiary/aromatic N) is 1. The lowest BCUT2D eigenvalue weighted by Gasteiger charge is -2.16. The van der Waals surface area contributed by atoms with E-state index in [4.69, 9.17) is 62.7 Å². The first-order valence-electron chi connectivity index (χ1n) is 5.44. The van der Waals surface area contributed by atoms with E-state index < -0.39 is 0 Å². The maximum atomic E-state index is 11.3. The molecular weight excluding hydrogens is 379 g/mol. The molecule has 1 aromatic heterocycles. The van der Waals surface area contributed by atoms with Crippen LogP contribution in [0.3, 0.4) is 0 Å². The minimum atomic E-state index is 0.0329. The molecule has 2 aromatic rings. The summed E-state index contributed by atoms with van der Waals surface area (Å²) >= 11 is 30.5. The number of benzene rings is 1. The minimum Gasteiger partial charge on any atom is -0.481 e. The fourth-order valence-corrected chi connectivity index (χ4v) is 3.11. The van der Waals surface area contributed by atoms with Crippen molar-refractivity contribution < 1.29 is 9.53 Å². The number of pyridine rings is 1. The van der Waals surface area contributed by atoms with E-state index in [0.29, 0.717) is 11.8 Å². The predicted octanol–water partition coefficient (Wildman–Crippen LogP) is 5.84. The smallest absolute Gasteiger partial charge is 0.221 e. The molecule has 0 aliphatic carbocycles. The second kappa shape index (κ2) is 6.59. The summed E-state index contributed by atoms with van der Waals surface area (Å²) in [6, 6.07) is 1.49. The maximum Gasteiger partial charge on any atom is 0.221 e. The molecule has 0 amide bonds. The Bertz CT molecular complexity index is 704. The fraction of sp³-hybridized carbons (Fsp3) is 0.0769. The van der Waals surface area contributed by atoms with E-state index in [-0.39, 0.29) is 42.1 Å². The van der Waals surface area contributed by atoms with Crippen LogP contribution in [0, 0.1) is 0 Å². The number of carbonyl (C=O) groups excluding carboxylic acids is 1. The lowest BCUT2D eigenvalue weighted by Crippen LogP contribution is -1.98. The number of carbonyl (C=O) groups is 1. The summed E-state index contributed by atoms with van der Waals surface area (Å²) in [4.78, 5) is 15.3. The van der Waals surface area contributed by atoms with E-state index in [1.165, 1.54) is 19.4 Å². The molecule has 1 aromatic carbocycles. The summed E-state index contributed by atoms with van der Waals surface area (Å²) in [7, 11) is 1.40. The third kappa shape index (κ3) is 2.81. The Balaban J connectivity index is 2.95. The first kappa shape index (κ1) is 16.7. The second-order valence-corrected chi connectivity index (χ2v) is 5.74. The van der Waals surface area contributed by atoms with Crippen LogP contribution in [0.15, 0.2) is 12.3 Å². The van der Waals surface area contributed by atoms with Crippen molar-refractivity contribution in [3.05, 3.63) is 42.9 Å². The zero-order valence-corrected chi connectivity index (χ0v) is 14.2. The maximum absolute atomic E-state index is 11.3. The van der Waals surface area contributed by atoms with Gasteiger partial charge in [-0.1, -0.05) is 58.0 Å². The van der Waals surface area contributed by atoms with Crippen LogP contribution < -0.4 is 4.74 Å². The Morgan fingerprint density at radius 3 is 1.95 bits per heavy atom. The van der Waals surface area contributed by atoms with Crippen LogP contribution in [-0.4, -0.2) is 18.4 Å². The van der Waals surface area contributed by atoms with Gasteiger partial charge in [0.25, 0.3) is 0 Å². The summed E-state index contributed by atoms with van der Waals surface area (Å²) in [6.07, 6.45) is 2.05. The fourth-order valence-electron chi connectivity index (χ4n) is 1.79. The Hall–Kier alpha value is -0.710. The largest absolute Gasteiger partial charge is 0.481 e. The molecule has 0 bridgehead atoms. The van der Waals surface area contributed by atoms with Crippen LogP contribution in [-0.2, 0) is 0 Å². The van der Waals surface area contributed by atoms with Crippen molar-refractivity contribution in [3.63, 3.8) is 0 Å². The first-order chi connectivity index (χ1) is 9.93. The van der Waals surface area contributed by atoms with Gasteiger partial charge in [-0.05, 0) is 6.07 Å². The molecule has 0 saturated carbocycles. The molecule has 0 fully saturated rings. The van der Waals surface area contributed by atoms with Crippen LogP contribution in [0.2, 0.25) is 25.1 Å². The lowest BCUT2D eigenvalue weighted by molar-refractivity contribution is 0.112. The summed E-state index contributed by atoms with van der Waals surface area (Å²) in [6.45, 7) is 0. The molecule has 21 heavy (non-hydrogen) atoms. The molecule has 2 rings (SSSR count). The second-order valence-electron chi connectivity index (χ2n) is 3.85. The average molecular weight is 385 g/mol. The molecule has 0 atom stereocenters. The van der Waals surface area contributed by atoms with E-state index in [9.17, 15) is 4.79 Å². The van der Waals surface area contributed by atoms with Gasteiger partial charge in [-0.2, -0.15) is 0 Å². The molecule has 0 unspecified atom stereocenters. The monoisotopic (exact) mass is 383 g/mol. The molecule has 110 valence electrons. The SMILES string of the molecule is COc1nccc(C=O)c1-c1c(Cl)c(Cl)c(Cl)c(Cl)c1Cl. The van der Waals surface area contributed by atoms with Gasteiger partial charge in [0.05, 0.1) is 37.8 Å². The summed E-state index contributed by atoms with van der Waals surface area (Å²) < 4.78 is 5.16. The van der Waals surface area contributed by atoms with Gasteiger partial charge in [-0.3, -0.25) is 4.79 Å². The van der Waals surface area contributed by atoms with Crippen LogP contribution in [0.1, 0.15) is 10.4 Å². The highest BCUT2D eigenvalue weighted by molar-refractivity contribution is 6.56. The average Bonchev–Trinajstić information content (AvgIpc) is 2.51. The van der Waals surface area contributed by atoms with E-state index >= 15 is 0 Å². The summed E-state index contributed by atoms with van der Waals surface area (Å²) in [5.41, 5.74) is 0.815. The number of ether oxygens (including phenoxy) is 1. The van der Waals surface area contributed by atoms with Gasteiger partial charge in [0.2, 0.25) is 5.88 Å². The number of aromatic nitrogens is 1. The normalized spacial score (nSPS) is 10.6. The number of aldehydes is 1. The highest BCUT2D eigenvalue weighted by Gasteiger charge is 2.25. The molecule has 0 N–H and O–H groups in total. The van der Waals surface area contributed by atoms with Crippen LogP contribution >= 0.6 is 58.0 Å². The molecule has 8 heteroatoms. The minimum absolute atomic E-state index is 0.0329. The Morgan fingerprint density at radius 1 is 0.952 bits per heavy atom. The van der Waals surface area contributed by atoms with E-state index in [1.807, 2.05) is 0 Å². The third-order valence-electron chi connectivity index (χ3n) is 2.73. The van der Waals surface area contributed by atoms with Gasteiger partial charge in [-0.15, -0.1) is 0 Å². The zero-order chi connectivity index (χ0) is 15.7. The van der Waals surface area contributed by atoms with Gasteiger partial charge in [0, 0.05) is 17.3 Å². The molecular formula is C13H6Cl5NO2. The van der Waals surface area contributed by atoms with Crippen molar-refractivity contribution >= 4 is 64.3 Å². The molecule has 0 spiro atoms. The van der Waals surface area contributed by atoms with Gasteiger partial charge >= 0.3 is 0 Å². The van der Waals surface area contributed by atoms with Crippen molar-refractivity contribution in [2.75, 3.05) is 7.11 Å². The molecule has 0 aliphatic rings. The van der Waals surface area contributed by atoms with E-state index in [0.717, 1.165) is 0 Å². The lowest BCUT2D eigenvalue weighted by atomic mass is 10.0. The predicted molar refractivity (Wildman–Crippen MR) is 86.7 cm³/mol. The standard InChI is InChI=1S/C13H6Cl5NO2/c1-21-13-6(5(4-20)2-3-19-13)7-8(14)10(16)12(18)11(17)9(7)15/h2-4H,1H3. The molecule has 3 nitrogen and oxygen atoms in total. The molecule has 0 radical (unpaired) electrons. The number of halogens is 5. The number of rotatable bonds is 3. The van der Waals surface area contributed by atoms with E-state index in [1.54, 1.807) is 0 Å². The highest BCUT2D eigenvalue weighted by atomic mass is 35.5. The number of hydrogen-bond acceptors (Lipinski definition) is 3. The third-order valence-corrected chi connectivity index (χ3v) is 5.01. The molecule has 0 aliphatic heterocycles. The van der Waals surface area contributed by atoms with Crippen molar-refractivity contribution in [1.82, 2.24) is 4.98 Å². The summed E-state index contributed by atoms with van der Waals surface area (Å²) in [5.74, 6) is 0.165. The zero-order valence-electron chi connectivity index (χ0n) is 10.4. The number of methoxy groups -OCH3 is 1. The van der Waals surface area contributed by atoms with Crippen molar-refractivity contribution in [2.45, 2.75) is 0 Å². The topological polar surface area (TPSA) is 39.2 Å².